The molecule has 0 saturated heterocycles. The summed E-state index contributed by atoms with van der Waals surface area (Å²) in [6, 6.07) is 1.05. The van der Waals surface area contributed by atoms with Crippen LogP contribution in [0, 0.1) is 0 Å². The summed E-state index contributed by atoms with van der Waals surface area (Å²) in [4.78, 5) is 51.6. The van der Waals surface area contributed by atoms with E-state index in [0.29, 0.717) is 0 Å². The number of H-pyrrole nitrogens is 1. The number of aliphatic hydroxyl groups excluding tert-OH is 2. The lowest BCUT2D eigenvalue weighted by molar-refractivity contribution is -0.128. The highest BCUT2D eigenvalue weighted by molar-refractivity contribution is 8.02. The summed E-state index contributed by atoms with van der Waals surface area (Å²) in [6.45, 7) is 2.05. The average Bonchev–Trinajstić information content (AvgIpc) is 2.61. The summed E-state index contributed by atoms with van der Waals surface area (Å²) in [6.07, 6.45) is -1.54. The highest BCUT2D eigenvalue weighted by Gasteiger charge is 2.41. The second kappa shape index (κ2) is 12.3. The third-order valence-corrected chi connectivity index (χ3v) is 7.51. The molecule has 0 aliphatic rings. The minimum absolute atomic E-state index is 0.0156. The average molecular weight is 525 g/mol. The molecule has 1 aromatic heterocycles. The van der Waals surface area contributed by atoms with E-state index in [0.717, 1.165) is 16.8 Å². The van der Waals surface area contributed by atoms with Gasteiger partial charge in [0.15, 0.2) is 0 Å². The molecular formula is C12H20N2O13P3S+. The molecule has 0 aliphatic heterocycles. The predicted molar refractivity (Wildman–Crippen MR) is 107 cm³/mol. The lowest BCUT2D eigenvalue weighted by atomic mass is 10.2. The lowest BCUT2D eigenvalue weighted by Crippen LogP contribution is -2.40. The van der Waals surface area contributed by atoms with Crippen molar-refractivity contribution in [3.8, 4) is 0 Å². The van der Waals surface area contributed by atoms with Gasteiger partial charge in [-0.25, -0.2) is 13.9 Å². The fraction of sp³-hybridized carbons (Fsp3) is 0.500. The van der Waals surface area contributed by atoms with Crippen LogP contribution in [0.25, 0.3) is 0 Å². The zero-order valence-electron chi connectivity index (χ0n) is 15.5. The molecule has 5 atom stereocenters. The molecule has 1 rings (SSSR count). The van der Waals surface area contributed by atoms with Gasteiger partial charge in [0.05, 0.1) is 6.61 Å². The number of aliphatic hydroxyl groups is 2. The predicted octanol–water partition coefficient (Wildman–Crippen LogP) is -0.634. The normalized spacial score (nSPS) is 17.4. The highest BCUT2D eigenvalue weighted by Crippen LogP contribution is 2.61. The van der Waals surface area contributed by atoms with Crippen LogP contribution in [0.1, 0.15) is 12.6 Å². The minimum Gasteiger partial charge on any atom is -0.394 e. The van der Waals surface area contributed by atoms with E-state index in [4.69, 9.17) is 19.0 Å². The number of hydrogen-bond acceptors (Lipinski definition) is 11. The SMILES string of the molecule is C=CCC(OC(CO[P+](=S)OP(=O)(O)OP(=O)(O)O)C(O)CO)n1ccc(=O)[nH]c1=O. The van der Waals surface area contributed by atoms with Crippen LogP contribution in [0.15, 0.2) is 34.5 Å². The molecule has 0 amide bonds. The molecule has 15 nitrogen and oxygen atoms in total. The Morgan fingerprint density at radius 3 is 2.48 bits per heavy atom. The maximum atomic E-state index is 12.0. The molecule has 5 unspecified atom stereocenters. The third-order valence-electron chi connectivity index (χ3n) is 3.20. The van der Waals surface area contributed by atoms with Gasteiger partial charge >= 0.3 is 28.5 Å². The first-order chi connectivity index (χ1) is 14.3. The number of rotatable bonds is 14. The summed E-state index contributed by atoms with van der Waals surface area (Å²) in [5.74, 6) is 0. The van der Waals surface area contributed by atoms with E-state index < -0.39 is 65.7 Å². The van der Waals surface area contributed by atoms with Gasteiger partial charge in [-0.05, 0) is 4.31 Å². The summed E-state index contributed by atoms with van der Waals surface area (Å²) in [5, 5.41) is 19.2. The zero-order valence-corrected chi connectivity index (χ0v) is 19.0. The molecule has 31 heavy (non-hydrogen) atoms. The second-order valence-corrected chi connectivity index (χ2v) is 10.4. The van der Waals surface area contributed by atoms with Gasteiger partial charge in [0.25, 0.3) is 5.56 Å². The standard InChI is InChI=1S/C12H19N2O13P3S/c1-2-3-11(14-5-4-10(17)13-12(14)18)25-9(8(16)6-15)7-24-28(31)26-30(22,23)27-29(19,20)21/h2,4-5,8-9,11,15-16H,1,3,6-7H2,(H3-,13,17,18,19,20,21,22,23)/p+1. The van der Waals surface area contributed by atoms with Crippen LogP contribution in [-0.2, 0) is 38.8 Å². The van der Waals surface area contributed by atoms with Crippen LogP contribution in [0.3, 0.4) is 0 Å². The van der Waals surface area contributed by atoms with Crippen LogP contribution in [0.4, 0.5) is 0 Å². The van der Waals surface area contributed by atoms with Crippen molar-refractivity contribution in [2.24, 2.45) is 0 Å². The van der Waals surface area contributed by atoms with Crippen molar-refractivity contribution < 1.29 is 51.9 Å². The van der Waals surface area contributed by atoms with Gasteiger partial charge in [-0.15, -0.1) is 11.1 Å². The van der Waals surface area contributed by atoms with Crippen molar-refractivity contribution in [2.75, 3.05) is 13.2 Å². The Kier molecular flexibility index (Phi) is 11.2. The van der Waals surface area contributed by atoms with E-state index in [1.165, 1.54) is 6.08 Å². The van der Waals surface area contributed by atoms with Crippen LogP contribution < -0.4 is 11.2 Å². The summed E-state index contributed by atoms with van der Waals surface area (Å²) in [7, 11) is -13.3. The molecule has 0 bridgehead atoms. The first-order valence-electron chi connectivity index (χ1n) is 8.04. The van der Waals surface area contributed by atoms with Gasteiger partial charge < -0.3 is 24.7 Å². The molecule has 0 fully saturated rings. The Morgan fingerprint density at radius 2 is 1.97 bits per heavy atom. The van der Waals surface area contributed by atoms with Gasteiger partial charge in [-0.3, -0.25) is 19.2 Å². The molecule has 6 N–H and O–H groups in total. The number of aromatic amines is 1. The second-order valence-electron chi connectivity index (χ2n) is 5.56. The summed E-state index contributed by atoms with van der Waals surface area (Å²) >= 11 is 4.65. The molecule has 0 spiro atoms. The largest absolute Gasteiger partial charge is 0.532 e. The zero-order chi connectivity index (χ0) is 23.8. The van der Waals surface area contributed by atoms with Gasteiger partial charge in [-0.2, -0.15) is 4.31 Å². The molecule has 0 aromatic carbocycles. The van der Waals surface area contributed by atoms with Crippen molar-refractivity contribution in [3.63, 3.8) is 0 Å². The molecule has 1 heterocycles. The molecule has 19 heteroatoms. The van der Waals surface area contributed by atoms with Crippen molar-refractivity contribution in [1.82, 2.24) is 9.55 Å². The molecule has 0 aliphatic carbocycles. The number of phosphoric acid groups is 2. The van der Waals surface area contributed by atoms with Crippen molar-refractivity contribution in [1.29, 1.82) is 0 Å². The maximum absolute atomic E-state index is 12.0. The van der Waals surface area contributed by atoms with Crippen LogP contribution in [-0.4, -0.2) is 59.9 Å². The minimum atomic E-state index is -5.37. The van der Waals surface area contributed by atoms with Gasteiger partial charge in [0.1, 0.15) is 25.0 Å². The smallest absolute Gasteiger partial charge is 0.394 e. The van der Waals surface area contributed by atoms with Crippen molar-refractivity contribution in [3.05, 3.63) is 45.8 Å². The highest BCUT2D eigenvalue weighted by atomic mass is 32.4. The summed E-state index contributed by atoms with van der Waals surface area (Å²) < 4.78 is 41.5. The van der Waals surface area contributed by atoms with Gasteiger partial charge in [0.2, 0.25) is 11.8 Å². The maximum Gasteiger partial charge on any atom is 0.532 e. The Morgan fingerprint density at radius 1 is 1.32 bits per heavy atom. The van der Waals surface area contributed by atoms with Crippen molar-refractivity contribution in [2.45, 2.75) is 24.9 Å². The molecular weight excluding hydrogens is 505 g/mol. The third kappa shape index (κ3) is 10.5. The van der Waals surface area contributed by atoms with E-state index in [-0.39, 0.29) is 6.42 Å². The number of hydrogen-bond donors (Lipinski definition) is 6. The molecule has 0 radical (unpaired) electrons. The monoisotopic (exact) mass is 525 g/mol. The van der Waals surface area contributed by atoms with Crippen LogP contribution in [0.5, 0.6) is 0 Å². The van der Waals surface area contributed by atoms with Crippen LogP contribution >= 0.6 is 22.8 Å². The lowest BCUT2D eigenvalue weighted by Gasteiger charge is -2.26. The number of nitrogens with one attached hydrogen (secondary N) is 1. The van der Waals surface area contributed by atoms with E-state index in [9.17, 15) is 33.8 Å². The van der Waals surface area contributed by atoms with E-state index in [1.807, 2.05) is 4.98 Å². The quantitative estimate of drug-likeness (QED) is 0.131. The molecule has 1 aromatic rings. The first-order valence-corrected chi connectivity index (χ1v) is 13.3. The van der Waals surface area contributed by atoms with E-state index in [2.05, 4.69) is 27.0 Å². The van der Waals surface area contributed by atoms with Crippen molar-refractivity contribution >= 4 is 34.6 Å². The Labute approximate surface area is 180 Å². The number of nitrogens with zero attached hydrogens (tertiary/aromatic N) is 1. The first kappa shape index (κ1) is 28.1. The molecule has 176 valence electrons. The Hall–Kier alpha value is -0.960. The number of ether oxygens (including phenoxy) is 1. The van der Waals surface area contributed by atoms with Gasteiger partial charge in [0, 0.05) is 18.7 Å². The Bertz CT molecular complexity index is 975. The Balaban J connectivity index is 2.92. The van der Waals surface area contributed by atoms with Gasteiger partial charge in [-0.1, -0.05) is 6.08 Å². The molecule has 0 saturated carbocycles. The fourth-order valence-electron chi connectivity index (χ4n) is 1.98. The fourth-order valence-corrected chi connectivity index (χ4v) is 5.52. The van der Waals surface area contributed by atoms with Crippen LogP contribution in [0.2, 0.25) is 0 Å². The van der Waals surface area contributed by atoms with E-state index in [1.54, 1.807) is 0 Å². The van der Waals surface area contributed by atoms with E-state index >= 15 is 0 Å². The number of aromatic nitrogens is 2. The summed E-state index contributed by atoms with van der Waals surface area (Å²) in [5.41, 5.74) is -1.49. The topological polar surface area (TPSA) is 227 Å².